The summed E-state index contributed by atoms with van der Waals surface area (Å²) < 4.78 is 0. The van der Waals surface area contributed by atoms with Crippen LogP contribution in [-0.2, 0) is 30.4 Å². The molecule has 0 fully saturated rings. The van der Waals surface area contributed by atoms with E-state index in [2.05, 4.69) is 0 Å². The van der Waals surface area contributed by atoms with E-state index >= 15 is 0 Å². The minimum atomic E-state index is -1.65. The molecule has 0 aliphatic heterocycles. The van der Waals surface area contributed by atoms with Crippen molar-refractivity contribution >= 4 is 29.8 Å². The number of aliphatic carboxylic acids is 5. The van der Waals surface area contributed by atoms with E-state index in [1.54, 1.807) is 30.3 Å². The zero-order chi connectivity index (χ0) is 26.6. The first-order valence-corrected chi connectivity index (χ1v) is 10.4. The standard InChI is InChI=1S/C21H30N4O10/c22-21(8-15-4-2-1-3-5-15,25(12-19(32)33)13-20(34)35)14-24(11-18(30)31)7-6-23(9-16(26)27)10-17(28)29/h1-5H,6-14,22H2,(H,26,27)(H,28,29)(H,30,31)(H,32,33)(H,34,35). The van der Waals surface area contributed by atoms with Crippen LogP contribution >= 0.6 is 0 Å². The van der Waals surface area contributed by atoms with E-state index in [0.29, 0.717) is 5.56 Å². The number of nitrogens with zero attached hydrogens (tertiary/aromatic N) is 3. The van der Waals surface area contributed by atoms with E-state index in [9.17, 15) is 39.3 Å². The molecular formula is C21H30N4O10. The van der Waals surface area contributed by atoms with E-state index in [0.717, 1.165) is 9.80 Å². The van der Waals surface area contributed by atoms with Gasteiger partial charge in [0.25, 0.3) is 0 Å². The molecule has 0 heterocycles. The van der Waals surface area contributed by atoms with Crippen molar-refractivity contribution in [2.24, 2.45) is 5.73 Å². The number of hydrogen-bond donors (Lipinski definition) is 6. The fourth-order valence-corrected chi connectivity index (χ4v) is 3.59. The van der Waals surface area contributed by atoms with Crippen LogP contribution in [0.2, 0.25) is 0 Å². The molecule has 0 aliphatic carbocycles. The average molecular weight is 498 g/mol. The summed E-state index contributed by atoms with van der Waals surface area (Å²) >= 11 is 0. The van der Waals surface area contributed by atoms with Gasteiger partial charge in [-0.15, -0.1) is 0 Å². The van der Waals surface area contributed by atoms with Crippen molar-refractivity contribution < 1.29 is 49.5 Å². The summed E-state index contributed by atoms with van der Waals surface area (Å²) in [6.07, 6.45) is -0.0293. The van der Waals surface area contributed by atoms with Gasteiger partial charge < -0.3 is 31.3 Å². The number of hydrogen-bond acceptors (Lipinski definition) is 9. The van der Waals surface area contributed by atoms with Crippen LogP contribution in [0.15, 0.2) is 30.3 Å². The Morgan fingerprint density at radius 1 is 0.657 bits per heavy atom. The Labute approximate surface area is 200 Å². The van der Waals surface area contributed by atoms with Crippen LogP contribution in [0.4, 0.5) is 0 Å². The first-order valence-electron chi connectivity index (χ1n) is 10.4. The summed E-state index contributed by atoms with van der Waals surface area (Å²) in [5.41, 5.74) is 5.57. The second-order valence-electron chi connectivity index (χ2n) is 8.01. The number of carbonyl (C=O) groups is 5. The molecule has 0 saturated heterocycles. The summed E-state index contributed by atoms with van der Waals surface area (Å²) in [5.74, 6) is -6.50. The first-order chi connectivity index (χ1) is 16.3. The third-order valence-corrected chi connectivity index (χ3v) is 4.94. The molecule has 1 atom stereocenters. The number of carboxylic acids is 5. The molecule has 1 rings (SSSR count). The lowest BCUT2D eigenvalue weighted by Crippen LogP contribution is -2.66. The molecule has 0 saturated carbocycles. The predicted octanol–water partition coefficient (Wildman–Crippen LogP) is -1.79. The molecule has 0 spiro atoms. The van der Waals surface area contributed by atoms with Gasteiger partial charge in [-0.25, -0.2) is 0 Å². The van der Waals surface area contributed by atoms with Gasteiger partial charge >= 0.3 is 29.8 Å². The van der Waals surface area contributed by atoms with Gasteiger partial charge in [-0.3, -0.25) is 38.7 Å². The minimum Gasteiger partial charge on any atom is -0.480 e. The minimum absolute atomic E-state index is 0.0293. The van der Waals surface area contributed by atoms with Crippen molar-refractivity contribution in [3.05, 3.63) is 35.9 Å². The molecule has 7 N–H and O–H groups in total. The van der Waals surface area contributed by atoms with Crippen LogP contribution in [0, 0.1) is 0 Å². The van der Waals surface area contributed by atoms with Crippen molar-refractivity contribution in [1.29, 1.82) is 0 Å². The predicted molar refractivity (Wildman–Crippen MR) is 120 cm³/mol. The SMILES string of the molecule is NC(Cc1ccccc1)(CN(CCN(CC(=O)O)CC(=O)O)CC(=O)O)N(CC(=O)O)CC(=O)O. The van der Waals surface area contributed by atoms with Crippen LogP contribution in [0.1, 0.15) is 5.56 Å². The second kappa shape index (κ2) is 14.0. The van der Waals surface area contributed by atoms with Gasteiger partial charge in [0.2, 0.25) is 0 Å². The molecule has 35 heavy (non-hydrogen) atoms. The fraction of sp³-hybridized carbons (Fsp3) is 0.476. The Morgan fingerprint density at radius 3 is 1.49 bits per heavy atom. The summed E-state index contributed by atoms with van der Waals surface area (Å²) in [6.45, 7) is -3.84. The van der Waals surface area contributed by atoms with Crippen molar-refractivity contribution in [3.63, 3.8) is 0 Å². The van der Waals surface area contributed by atoms with Crippen LogP contribution < -0.4 is 5.73 Å². The molecule has 0 aromatic heterocycles. The second-order valence-corrected chi connectivity index (χ2v) is 8.01. The first kappa shape index (κ1) is 29.4. The summed E-state index contributed by atoms with van der Waals surface area (Å²) in [4.78, 5) is 59.9. The van der Waals surface area contributed by atoms with Crippen LogP contribution in [0.5, 0.6) is 0 Å². The number of rotatable bonds is 18. The average Bonchev–Trinajstić information content (AvgIpc) is 2.70. The topological polar surface area (TPSA) is 222 Å². The van der Waals surface area contributed by atoms with Crippen LogP contribution in [0.25, 0.3) is 0 Å². The Bertz CT molecular complexity index is 865. The van der Waals surface area contributed by atoms with E-state index in [1.165, 1.54) is 4.90 Å². The smallest absolute Gasteiger partial charge is 0.317 e. The van der Waals surface area contributed by atoms with E-state index in [4.69, 9.17) is 15.9 Å². The molecular weight excluding hydrogens is 468 g/mol. The third-order valence-electron chi connectivity index (χ3n) is 4.94. The largest absolute Gasteiger partial charge is 0.480 e. The lowest BCUT2D eigenvalue weighted by atomic mass is 9.97. The van der Waals surface area contributed by atoms with Gasteiger partial charge in [-0.1, -0.05) is 30.3 Å². The third kappa shape index (κ3) is 11.9. The highest BCUT2D eigenvalue weighted by Crippen LogP contribution is 2.18. The van der Waals surface area contributed by atoms with Gasteiger partial charge in [-0.2, -0.15) is 0 Å². The highest BCUT2D eigenvalue weighted by atomic mass is 16.4. The number of carboxylic acid groups (broad SMARTS) is 5. The van der Waals surface area contributed by atoms with Crippen molar-refractivity contribution in [2.75, 3.05) is 52.4 Å². The lowest BCUT2D eigenvalue weighted by Gasteiger charge is -2.43. The molecule has 0 radical (unpaired) electrons. The number of nitrogens with two attached hydrogens (primary N) is 1. The molecule has 1 unspecified atom stereocenters. The quantitative estimate of drug-likeness (QED) is 0.123. The van der Waals surface area contributed by atoms with Crippen LogP contribution in [-0.4, -0.2) is 128 Å². The summed E-state index contributed by atoms with van der Waals surface area (Å²) in [5, 5.41) is 46.1. The van der Waals surface area contributed by atoms with Gasteiger partial charge in [-0.05, 0) is 5.56 Å². The van der Waals surface area contributed by atoms with Crippen molar-refractivity contribution in [3.8, 4) is 0 Å². The maximum atomic E-state index is 11.5. The molecule has 0 bridgehead atoms. The molecule has 14 heteroatoms. The molecule has 0 aliphatic rings. The fourth-order valence-electron chi connectivity index (χ4n) is 3.59. The van der Waals surface area contributed by atoms with Crippen molar-refractivity contribution in [1.82, 2.24) is 14.7 Å². The van der Waals surface area contributed by atoms with E-state index in [1.807, 2.05) is 0 Å². The Balaban J connectivity index is 3.27. The summed E-state index contributed by atoms with van der Waals surface area (Å²) in [6, 6.07) is 8.55. The normalized spacial score (nSPS) is 13.0. The number of benzene rings is 1. The molecule has 1 aromatic carbocycles. The molecule has 194 valence electrons. The Kier molecular flexibility index (Phi) is 11.7. The highest BCUT2D eigenvalue weighted by molar-refractivity contribution is 5.73. The van der Waals surface area contributed by atoms with E-state index in [-0.39, 0.29) is 26.1 Å². The Morgan fingerprint density at radius 2 is 1.06 bits per heavy atom. The zero-order valence-corrected chi connectivity index (χ0v) is 18.9. The summed E-state index contributed by atoms with van der Waals surface area (Å²) in [7, 11) is 0. The maximum Gasteiger partial charge on any atom is 0.317 e. The monoisotopic (exact) mass is 498 g/mol. The zero-order valence-electron chi connectivity index (χ0n) is 18.9. The van der Waals surface area contributed by atoms with Gasteiger partial charge in [0.05, 0.1) is 38.4 Å². The van der Waals surface area contributed by atoms with Crippen molar-refractivity contribution in [2.45, 2.75) is 12.1 Å². The highest BCUT2D eigenvalue weighted by Gasteiger charge is 2.37. The molecule has 14 nitrogen and oxygen atoms in total. The molecule has 0 amide bonds. The lowest BCUT2D eigenvalue weighted by molar-refractivity contribution is -0.147. The van der Waals surface area contributed by atoms with Gasteiger partial charge in [0, 0.05) is 26.1 Å². The van der Waals surface area contributed by atoms with Gasteiger partial charge in [0.15, 0.2) is 0 Å². The Hall–Kier alpha value is -3.59. The maximum absolute atomic E-state index is 11.5. The molecule has 1 aromatic rings. The van der Waals surface area contributed by atoms with Crippen LogP contribution in [0.3, 0.4) is 0 Å². The van der Waals surface area contributed by atoms with E-state index < -0.39 is 68.2 Å². The van der Waals surface area contributed by atoms with Gasteiger partial charge in [0.1, 0.15) is 0 Å².